The molecule has 0 fully saturated rings. The van der Waals surface area contributed by atoms with Gasteiger partial charge >= 0.3 is 0 Å². The summed E-state index contributed by atoms with van der Waals surface area (Å²) in [5, 5.41) is 13.4. The summed E-state index contributed by atoms with van der Waals surface area (Å²) in [5.74, 6) is -0.0944. The van der Waals surface area contributed by atoms with E-state index in [1.165, 1.54) is 25.3 Å². The molecule has 0 aliphatic heterocycles. The highest BCUT2D eigenvalue weighted by Gasteiger charge is 2.18. The summed E-state index contributed by atoms with van der Waals surface area (Å²) in [6.45, 7) is 0.239. The van der Waals surface area contributed by atoms with Gasteiger partial charge < -0.3 is 15.2 Å². The molecular formula is C15H14Cl2N2O3. The summed E-state index contributed by atoms with van der Waals surface area (Å²) in [4.78, 5) is 16.0. The van der Waals surface area contributed by atoms with E-state index < -0.39 is 12.0 Å². The van der Waals surface area contributed by atoms with Crippen molar-refractivity contribution in [3.8, 4) is 5.88 Å². The molecule has 22 heavy (non-hydrogen) atoms. The van der Waals surface area contributed by atoms with Crippen molar-refractivity contribution in [2.75, 3.05) is 7.11 Å². The lowest BCUT2D eigenvalue weighted by Crippen LogP contribution is -2.28. The molecule has 0 saturated carbocycles. The average Bonchev–Trinajstić information content (AvgIpc) is 2.51. The Bertz CT molecular complexity index is 659. The highest BCUT2D eigenvalue weighted by Crippen LogP contribution is 2.23. The van der Waals surface area contributed by atoms with Gasteiger partial charge in [-0.2, -0.15) is 0 Å². The quantitative estimate of drug-likeness (QED) is 0.877. The smallest absolute Gasteiger partial charge is 0.253 e. The number of nitrogens with zero attached hydrogens (tertiary/aromatic N) is 1. The van der Waals surface area contributed by atoms with E-state index in [1.54, 1.807) is 18.3 Å². The van der Waals surface area contributed by atoms with E-state index in [0.717, 1.165) is 5.56 Å². The molecule has 2 rings (SSSR count). The highest BCUT2D eigenvalue weighted by atomic mass is 35.5. The number of aliphatic hydroxyl groups is 1. The Morgan fingerprint density at radius 1 is 1.32 bits per heavy atom. The Kier molecular flexibility index (Phi) is 5.60. The van der Waals surface area contributed by atoms with Crippen LogP contribution in [-0.2, 0) is 11.3 Å². The van der Waals surface area contributed by atoms with Crippen LogP contribution in [0, 0.1) is 0 Å². The number of halogens is 2. The Morgan fingerprint density at radius 3 is 2.64 bits per heavy atom. The minimum absolute atomic E-state index is 0.239. The third-order valence-electron chi connectivity index (χ3n) is 2.92. The topological polar surface area (TPSA) is 71.5 Å². The van der Waals surface area contributed by atoms with Gasteiger partial charge in [0, 0.05) is 28.9 Å². The minimum Gasteiger partial charge on any atom is -0.481 e. The second-order valence-corrected chi connectivity index (χ2v) is 5.40. The molecule has 2 N–H and O–H groups in total. The zero-order valence-electron chi connectivity index (χ0n) is 11.7. The van der Waals surface area contributed by atoms with Crippen LogP contribution in [0.2, 0.25) is 10.0 Å². The number of benzene rings is 1. The van der Waals surface area contributed by atoms with Crippen molar-refractivity contribution in [1.29, 1.82) is 0 Å². The van der Waals surface area contributed by atoms with Crippen molar-refractivity contribution in [3.63, 3.8) is 0 Å². The first-order valence-corrected chi connectivity index (χ1v) is 7.16. The molecule has 0 aliphatic carbocycles. The SMILES string of the molecule is COc1cc(CNC(=O)C(O)c2cc(Cl)cc(Cl)c2)ccn1. The third kappa shape index (κ3) is 4.34. The maximum absolute atomic E-state index is 12.0. The van der Waals surface area contributed by atoms with Crippen molar-refractivity contribution in [2.45, 2.75) is 12.6 Å². The van der Waals surface area contributed by atoms with Crippen LogP contribution in [0.25, 0.3) is 0 Å². The Morgan fingerprint density at radius 2 is 2.00 bits per heavy atom. The molecule has 0 saturated heterocycles. The largest absolute Gasteiger partial charge is 0.481 e. The lowest BCUT2D eigenvalue weighted by Gasteiger charge is -2.12. The van der Waals surface area contributed by atoms with Gasteiger partial charge in [0.15, 0.2) is 6.10 Å². The summed E-state index contributed by atoms with van der Waals surface area (Å²) in [6.07, 6.45) is 0.230. The molecule has 1 amide bonds. The lowest BCUT2D eigenvalue weighted by molar-refractivity contribution is -0.129. The van der Waals surface area contributed by atoms with Gasteiger partial charge in [-0.15, -0.1) is 0 Å². The molecule has 7 heteroatoms. The highest BCUT2D eigenvalue weighted by molar-refractivity contribution is 6.34. The van der Waals surface area contributed by atoms with E-state index in [9.17, 15) is 9.90 Å². The summed E-state index contributed by atoms with van der Waals surface area (Å²) >= 11 is 11.7. The fourth-order valence-corrected chi connectivity index (χ4v) is 2.39. The number of aromatic nitrogens is 1. The number of amides is 1. The molecule has 2 aromatic rings. The number of pyridine rings is 1. The normalized spacial score (nSPS) is 11.8. The molecule has 1 heterocycles. The first-order valence-electron chi connectivity index (χ1n) is 6.40. The molecule has 0 spiro atoms. The first-order chi connectivity index (χ1) is 10.5. The standard InChI is InChI=1S/C15H14Cl2N2O3/c1-22-13-4-9(2-3-18-13)8-19-15(21)14(20)10-5-11(16)7-12(17)6-10/h2-7,14,20H,8H2,1H3,(H,19,21). The van der Waals surface area contributed by atoms with Gasteiger partial charge in [-0.3, -0.25) is 4.79 Å². The Balaban J connectivity index is 2.02. The van der Waals surface area contributed by atoms with Crippen molar-refractivity contribution in [2.24, 2.45) is 0 Å². The maximum atomic E-state index is 12.0. The summed E-state index contributed by atoms with van der Waals surface area (Å²) in [7, 11) is 1.51. The number of nitrogens with one attached hydrogen (secondary N) is 1. The molecular weight excluding hydrogens is 327 g/mol. The van der Waals surface area contributed by atoms with E-state index in [2.05, 4.69) is 10.3 Å². The van der Waals surface area contributed by atoms with Gasteiger partial charge in [-0.1, -0.05) is 23.2 Å². The Labute approximate surface area is 137 Å². The molecule has 1 aromatic carbocycles. The van der Waals surface area contributed by atoms with E-state index >= 15 is 0 Å². The van der Waals surface area contributed by atoms with Gasteiger partial charge in [0.05, 0.1) is 7.11 Å². The number of ether oxygens (including phenoxy) is 1. The molecule has 116 valence electrons. The predicted molar refractivity (Wildman–Crippen MR) is 84.1 cm³/mol. The third-order valence-corrected chi connectivity index (χ3v) is 3.36. The van der Waals surface area contributed by atoms with Gasteiger partial charge in [0.1, 0.15) is 0 Å². The maximum Gasteiger partial charge on any atom is 0.253 e. The van der Waals surface area contributed by atoms with Crippen LogP contribution in [0.5, 0.6) is 5.88 Å². The fourth-order valence-electron chi connectivity index (χ4n) is 1.84. The zero-order valence-corrected chi connectivity index (χ0v) is 13.2. The van der Waals surface area contributed by atoms with Gasteiger partial charge in [0.25, 0.3) is 5.91 Å². The second kappa shape index (κ2) is 7.45. The van der Waals surface area contributed by atoms with Gasteiger partial charge in [0.2, 0.25) is 5.88 Å². The summed E-state index contributed by atoms with van der Waals surface area (Å²) in [6, 6.07) is 7.95. The van der Waals surface area contributed by atoms with Crippen molar-refractivity contribution < 1.29 is 14.6 Å². The van der Waals surface area contributed by atoms with Crippen molar-refractivity contribution in [1.82, 2.24) is 10.3 Å². The molecule has 5 nitrogen and oxygen atoms in total. The van der Waals surface area contributed by atoms with E-state index in [1.807, 2.05) is 0 Å². The van der Waals surface area contributed by atoms with Gasteiger partial charge in [-0.25, -0.2) is 4.98 Å². The fraction of sp³-hybridized carbons (Fsp3) is 0.200. The molecule has 0 radical (unpaired) electrons. The molecule has 1 unspecified atom stereocenters. The number of rotatable bonds is 5. The van der Waals surface area contributed by atoms with Crippen molar-refractivity contribution in [3.05, 3.63) is 57.7 Å². The molecule has 1 aromatic heterocycles. The Hall–Kier alpha value is -1.82. The number of carbonyl (C=O) groups excluding carboxylic acids is 1. The summed E-state index contributed by atoms with van der Waals surface area (Å²) < 4.78 is 5.00. The van der Waals surface area contributed by atoms with Crippen LogP contribution in [-0.4, -0.2) is 23.1 Å². The predicted octanol–water partition coefficient (Wildman–Crippen LogP) is 2.75. The number of methoxy groups -OCH3 is 1. The molecule has 0 aliphatic rings. The van der Waals surface area contributed by atoms with Crippen LogP contribution in [0.1, 0.15) is 17.2 Å². The van der Waals surface area contributed by atoms with Crippen LogP contribution < -0.4 is 10.1 Å². The first kappa shape index (κ1) is 16.5. The zero-order chi connectivity index (χ0) is 16.1. The average molecular weight is 341 g/mol. The van der Waals surface area contributed by atoms with Crippen molar-refractivity contribution >= 4 is 29.1 Å². The van der Waals surface area contributed by atoms with Crippen LogP contribution in [0.15, 0.2) is 36.5 Å². The van der Waals surface area contributed by atoms with Crippen LogP contribution >= 0.6 is 23.2 Å². The van der Waals surface area contributed by atoms with E-state index in [-0.39, 0.29) is 6.54 Å². The molecule has 0 bridgehead atoms. The van der Waals surface area contributed by atoms with E-state index in [4.69, 9.17) is 27.9 Å². The molecule has 1 atom stereocenters. The summed E-state index contributed by atoms with van der Waals surface area (Å²) in [5.41, 5.74) is 1.14. The van der Waals surface area contributed by atoms with Crippen LogP contribution in [0.3, 0.4) is 0 Å². The number of hydrogen-bond donors (Lipinski definition) is 2. The second-order valence-electron chi connectivity index (χ2n) is 4.53. The van der Waals surface area contributed by atoms with Crippen LogP contribution in [0.4, 0.5) is 0 Å². The lowest BCUT2D eigenvalue weighted by atomic mass is 10.1. The van der Waals surface area contributed by atoms with E-state index in [0.29, 0.717) is 21.5 Å². The number of carbonyl (C=O) groups is 1. The van der Waals surface area contributed by atoms with Gasteiger partial charge in [-0.05, 0) is 35.4 Å². The number of hydrogen-bond acceptors (Lipinski definition) is 4. The number of aliphatic hydroxyl groups excluding tert-OH is 1. The monoisotopic (exact) mass is 340 g/mol. The minimum atomic E-state index is -1.35.